The van der Waals surface area contributed by atoms with Crippen molar-refractivity contribution in [1.29, 1.82) is 0 Å². The normalized spacial score (nSPS) is 13.4. The van der Waals surface area contributed by atoms with Crippen LogP contribution in [-0.4, -0.2) is 4.98 Å². The van der Waals surface area contributed by atoms with Crippen molar-refractivity contribution >= 4 is 0 Å². The second kappa shape index (κ2) is 3.81. The van der Waals surface area contributed by atoms with Crippen LogP contribution in [-0.2, 0) is 0 Å². The number of alkyl halides is 1. The van der Waals surface area contributed by atoms with Gasteiger partial charge in [0.2, 0.25) is 0 Å². The minimum absolute atomic E-state index is 0.0560. The van der Waals surface area contributed by atoms with Crippen LogP contribution in [0.1, 0.15) is 44.1 Å². The second-order valence-electron chi connectivity index (χ2n) is 3.37. The van der Waals surface area contributed by atoms with Crippen LogP contribution in [0.25, 0.3) is 0 Å². The molecule has 1 unspecified atom stereocenters. The van der Waals surface area contributed by atoms with Gasteiger partial charge in [-0.15, -0.1) is 0 Å². The molecule has 1 nitrogen and oxygen atoms in total. The van der Waals surface area contributed by atoms with Crippen LogP contribution >= 0.6 is 0 Å². The molecule has 0 spiro atoms. The molecule has 1 rings (SSSR count). The van der Waals surface area contributed by atoms with Crippen molar-refractivity contribution in [1.82, 2.24) is 4.98 Å². The van der Waals surface area contributed by atoms with Gasteiger partial charge in [-0.05, 0) is 24.5 Å². The number of pyridine rings is 1. The van der Waals surface area contributed by atoms with Crippen molar-refractivity contribution < 1.29 is 8.78 Å². The molecule has 13 heavy (non-hydrogen) atoms. The van der Waals surface area contributed by atoms with E-state index >= 15 is 0 Å². The Morgan fingerprint density at radius 3 is 2.38 bits per heavy atom. The average Bonchev–Trinajstić information content (AvgIpc) is 2.03. The van der Waals surface area contributed by atoms with Crippen molar-refractivity contribution in [2.24, 2.45) is 0 Å². The Balaban J connectivity index is 3.18. The van der Waals surface area contributed by atoms with Crippen LogP contribution < -0.4 is 0 Å². The molecular formula is C10H13F2N. The number of aromatic nitrogens is 1. The van der Waals surface area contributed by atoms with E-state index in [1.807, 2.05) is 13.8 Å². The van der Waals surface area contributed by atoms with Gasteiger partial charge in [0.05, 0.1) is 0 Å². The summed E-state index contributed by atoms with van der Waals surface area (Å²) < 4.78 is 26.3. The van der Waals surface area contributed by atoms with Crippen LogP contribution in [0.3, 0.4) is 0 Å². The highest BCUT2D eigenvalue weighted by Gasteiger charge is 2.16. The van der Waals surface area contributed by atoms with Crippen LogP contribution in [0.5, 0.6) is 0 Å². The first-order valence-electron chi connectivity index (χ1n) is 4.32. The summed E-state index contributed by atoms with van der Waals surface area (Å²) >= 11 is 0. The lowest BCUT2D eigenvalue weighted by atomic mass is 10.0. The van der Waals surface area contributed by atoms with Gasteiger partial charge >= 0.3 is 0 Å². The third-order valence-corrected chi connectivity index (χ3v) is 1.94. The van der Waals surface area contributed by atoms with Crippen molar-refractivity contribution in [3.63, 3.8) is 0 Å². The smallest absolute Gasteiger partial charge is 0.151 e. The molecule has 72 valence electrons. The molecule has 1 heterocycles. The Morgan fingerprint density at radius 1 is 1.31 bits per heavy atom. The van der Waals surface area contributed by atoms with Gasteiger partial charge in [-0.1, -0.05) is 13.8 Å². The van der Waals surface area contributed by atoms with E-state index in [2.05, 4.69) is 4.98 Å². The molecule has 3 heteroatoms. The summed E-state index contributed by atoms with van der Waals surface area (Å²) in [5.74, 6) is -0.451. The van der Waals surface area contributed by atoms with Gasteiger partial charge in [-0.2, -0.15) is 0 Å². The summed E-state index contributed by atoms with van der Waals surface area (Å²) in [4.78, 5) is 3.67. The molecule has 1 aromatic rings. The van der Waals surface area contributed by atoms with Crippen LogP contribution in [0.2, 0.25) is 0 Å². The lowest BCUT2D eigenvalue weighted by Gasteiger charge is -2.10. The van der Waals surface area contributed by atoms with Crippen molar-refractivity contribution in [3.05, 3.63) is 29.3 Å². The van der Waals surface area contributed by atoms with Gasteiger partial charge in [0.25, 0.3) is 0 Å². The molecule has 0 radical (unpaired) electrons. The van der Waals surface area contributed by atoms with Crippen LogP contribution in [0, 0.1) is 5.82 Å². The summed E-state index contributed by atoms with van der Waals surface area (Å²) in [7, 11) is 0. The monoisotopic (exact) mass is 185 g/mol. The number of hydrogen-bond donors (Lipinski definition) is 0. The predicted molar refractivity (Wildman–Crippen MR) is 47.8 cm³/mol. The highest BCUT2D eigenvalue weighted by Crippen LogP contribution is 2.24. The maximum Gasteiger partial charge on any atom is 0.151 e. The molecule has 0 aliphatic rings. The van der Waals surface area contributed by atoms with Crippen LogP contribution in [0.15, 0.2) is 12.3 Å². The topological polar surface area (TPSA) is 12.9 Å². The summed E-state index contributed by atoms with van der Waals surface area (Å²) in [6, 6.07) is 1.59. The molecule has 0 saturated heterocycles. The number of rotatable bonds is 2. The summed E-state index contributed by atoms with van der Waals surface area (Å²) in [5.41, 5.74) is 0.431. The number of halogens is 2. The lowest BCUT2D eigenvalue weighted by molar-refractivity contribution is 0.350. The van der Waals surface area contributed by atoms with Crippen molar-refractivity contribution in [2.75, 3.05) is 0 Å². The maximum atomic E-state index is 13.5. The van der Waals surface area contributed by atoms with E-state index in [-0.39, 0.29) is 11.6 Å². The zero-order valence-electron chi connectivity index (χ0n) is 8.01. The molecule has 0 saturated carbocycles. The standard InChI is InChI=1S/C10H13F2N/c1-6(2)8-4-5-13-10(7(3)11)9(8)12/h4-7H,1-3H3. The molecule has 0 N–H and O–H groups in total. The van der Waals surface area contributed by atoms with Gasteiger partial charge < -0.3 is 0 Å². The minimum Gasteiger partial charge on any atom is -0.255 e. The first kappa shape index (κ1) is 10.1. The summed E-state index contributed by atoms with van der Waals surface area (Å²) in [6.07, 6.45) is 0.0998. The van der Waals surface area contributed by atoms with E-state index in [9.17, 15) is 8.78 Å². The van der Waals surface area contributed by atoms with Gasteiger partial charge in [-0.3, -0.25) is 4.98 Å². The first-order chi connectivity index (χ1) is 6.04. The van der Waals surface area contributed by atoms with Gasteiger partial charge in [0.15, 0.2) is 5.82 Å². The van der Waals surface area contributed by atoms with Crippen LogP contribution in [0.4, 0.5) is 8.78 Å². The molecule has 0 aromatic carbocycles. The Kier molecular flexibility index (Phi) is 2.96. The van der Waals surface area contributed by atoms with Crippen molar-refractivity contribution in [2.45, 2.75) is 32.9 Å². The number of nitrogens with zero attached hydrogens (tertiary/aromatic N) is 1. The number of hydrogen-bond acceptors (Lipinski definition) is 1. The molecule has 0 bridgehead atoms. The zero-order chi connectivity index (χ0) is 10.0. The average molecular weight is 185 g/mol. The Bertz CT molecular complexity index is 269. The third kappa shape index (κ3) is 2.02. The Labute approximate surface area is 76.8 Å². The molecular weight excluding hydrogens is 172 g/mol. The second-order valence-corrected chi connectivity index (χ2v) is 3.37. The highest BCUT2D eigenvalue weighted by molar-refractivity contribution is 5.23. The molecule has 0 aliphatic heterocycles. The third-order valence-electron chi connectivity index (χ3n) is 1.94. The fourth-order valence-electron chi connectivity index (χ4n) is 1.20. The molecule has 0 aliphatic carbocycles. The highest BCUT2D eigenvalue weighted by atomic mass is 19.1. The molecule has 1 atom stereocenters. The first-order valence-corrected chi connectivity index (χ1v) is 4.32. The zero-order valence-corrected chi connectivity index (χ0v) is 8.01. The van der Waals surface area contributed by atoms with Gasteiger partial charge in [-0.25, -0.2) is 8.78 Å². The Morgan fingerprint density at radius 2 is 1.92 bits per heavy atom. The summed E-state index contributed by atoms with van der Waals surface area (Å²) in [5, 5.41) is 0. The van der Waals surface area contributed by atoms with E-state index in [0.717, 1.165) is 0 Å². The van der Waals surface area contributed by atoms with Gasteiger partial charge in [0.1, 0.15) is 11.9 Å². The minimum atomic E-state index is -1.35. The fourth-order valence-corrected chi connectivity index (χ4v) is 1.20. The Hall–Kier alpha value is -0.990. The van der Waals surface area contributed by atoms with Gasteiger partial charge in [0, 0.05) is 6.20 Å². The van der Waals surface area contributed by atoms with Crippen molar-refractivity contribution in [3.8, 4) is 0 Å². The van der Waals surface area contributed by atoms with E-state index in [4.69, 9.17) is 0 Å². The lowest BCUT2D eigenvalue weighted by Crippen LogP contribution is -2.02. The quantitative estimate of drug-likeness (QED) is 0.688. The van der Waals surface area contributed by atoms with E-state index in [0.29, 0.717) is 5.56 Å². The molecule has 0 fully saturated rings. The van der Waals surface area contributed by atoms with E-state index in [1.54, 1.807) is 6.07 Å². The van der Waals surface area contributed by atoms with E-state index < -0.39 is 12.0 Å². The molecule has 0 amide bonds. The predicted octanol–water partition coefficient (Wildman–Crippen LogP) is 3.37. The SMILES string of the molecule is CC(C)c1ccnc(C(C)F)c1F. The molecule has 1 aromatic heterocycles. The summed E-state index contributed by atoms with van der Waals surface area (Å²) in [6.45, 7) is 5.02. The fraction of sp³-hybridized carbons (Fsp3) is 0.500. The largest absolute Gasteiger partial charge is 0.255 e. The maximum absolute atomic E-state index is 13.5. The van der Waals surface area contributed by atoms with E-state index in [1.165, 1.54) is 13.1 Å².